The van der Waals surface area contributed by atoms with Crippen molar-refractivity contribution in [3.05, 3.63) is 46.1 Å². The van der Waals surface area contributed by atoms with E-state index < -0.39 is 0 Å². The van der Waals surface area contributed by atoms with Crippen molar-refractivity contribution in [3.8, 4) is 0 Å². The third kappa shape index (κ3) is 2.40. The Labute approximate surface area is 110 Å². The first-order valence-corrected chi connectivity index (χ1v) is 6.23. The van der Waals surface area contributed by atoms with Gasteiger partial charge in [0, 0.05) is 37.2 Å². The lowest BCUT2D eigenvalue weighted by Crippen LogP contribution is -2.42. The third-order valence-electron chi connectivity index (χ3n) is 3.30. The van der Waals surface area contributed by atoms with Crippen molar-refractivity contribution in [2.45, 2.75) is 6.04 Å². The van der Waals surface area contributed by atoms with Gasteiger partial charge in [-0.2, -0.15) is 0 Å². The second-order valence-electron chi connectivity index (χ2n) is 4.58. The molecule has 3 rings (SSSR count). The minimum atomic E-state index is -0.389. The van der Waals surface area contributed by atoms with Crippen LogP contribution in [-0.2, 0) is 0 Å². The zero-order chi connectivity index (χ0) is 13.2. The van der Waals surface area contributed by atoms with Gasteiger partial charge in [-0.1, -0.05) is 6.07 Å². The molecule has 1 unspecified atom stereocenters. The van der Waals surface area contributed by atoms with Gasteiger partial charge in [0.05, 0.1) is 22.2 Å². The summed E-state index contributed by atoms with van der Waals surface area (Å²) < 4.78 is 0. The molecule has 6 nitrogen and oxygen atoms in total. The Hall–Kier alpha value is -2.05. The Morgan fingerprint density at radius 1 is 1.26 bits per heavy atom. The van der Waals surface area contributed by atoms with Crippen LogP contribution in [0.5, 0.6) is 0 Å². The van der Waals surface area contributed by atoms with Crippen LogP contribution in [0.3, 0.4) is 0 Å². The zero-order valence-electron chi connectivity index (χ0n) is 10.3. The fourth-order valence-corrected chi connectivity index (χ4v) is 2.30. The molecule has 0 saturated carbocycles. The fraction of sp³-hybridized carbons (Fsp3) is 0.308. The van der Waals surface area contributed by atoms with E-state index in [2.05, 4.69) is 15.6 Å². The molecule has 2 heterocycles. The first-order valence-electron chi connectivity index (χ1n) is 6.23. The standard InChI is InChI=1S/C13H14N4O2/c18-17(19)10-2-4-11-9(7-10)1-3-12(16-11)13-8-14-5-6-15-13/h1-4,7,13-15H,5-6,8H2. The average Bonchev–Trinajstić information content (AvgIpc) is 2.47. The first-order chi connectivity index (χ1) is 9.24. The van der Waals surface area contributed by atoms with Gasteiger partial charge in [-0.05, 0) is 12.1 Å². The number of nitro benzene ring substituents is 1. The maximum Gasteiger partial charge on any atom is 0.270 e. The molecule has 0 spiro atoms. The average molecular weight is 258 g/mol. The van der Waals surface area contributed by atoms with E-state index in [4.69, 9.17) is 0 Å². The number of hydrogen-bond acceptors (Lipinski definition) is 5. The molecule has 0 amide bonds. The van der Waals surface area contributed by atoms with Crippen molar-refractivity contribution in [1.82, 2.24) is 15.6 Å². The number of aromatic nitrogens is 1. The Kier molecular flexibility index (Phi) is 3.10. The van der Waals surface area contributed by atoms with Gasteiger partial charge in [-0.3, -0.25) is 15.1 Å². The summed E-state index contributed by atoms with van der Waals surface area (Å²) in [6.45, 7) is 2.74. The summed E-state index contributed by atoms with van der Waals surface area (Å²) >= 11 is 0. The molecular formula is C13H14N4O2. The normalized spacial score (nSPS) is 19.5. The van der Waals surface area contributed by atoms with Gasteiger partial charge in [-0.15, -0.1) is 0 Å². The van der Waals surface area contributed by atoms with E-state index in [1.165, 1.54) is 6.07 Å². The second-order valence-corrected chi connectivity index (χ2v) is 4.58. The van der Waals surface area contributed by atoms with Crippen LogP contribution in [0.1, 0.15) is 11.7 Å². The second kappa shape index (κ2) is 4.91. The highest BCUT2D eigenvalue weighted by atomic mass is 16.6. The van der Waals surface area contributed by atoms with Gasteiger partial charge in [0.1, 0.15) is 0 Å². The summed E-state index contributed by atoms with van der Waals surface area (Å²) in [6.07, 6.45) is 0. The van der Waals surface area contributed by atoms with Crippen molar-refractivity contribution in [2.24, 2.45) is 0 Å². The summed E-state index contributed by atoms with van der Waals surface area (Å²) in [4.78, 5) is 14.9. The summed E-state index contributed by atoms with van der Waals surface area (Å²) in [5.41, 5.74) is 1.85. The van der Waals surface area contributed by atoms with Crippen LogP contribution in [0.25, 0.3) is 10.9 Å². The van der Waals surface area contributed by atoms with Gasteiger partial charge in [0.15, 0.2) is 0 Å². The molecule has 0 radical (unpaired) electrons. The van der Waals surface area contributed by atoms with E-state index in [0.717, 1.165) is 36.2 Å². The molecule has 1 aromatic carbocycles. The number of nitro groups is 1. The lowest BCUT2D eigenvalue weighted by atomic mass is 10.1. The fourth-order valence-electron chi connectivity index (χ4n) is 2.30. The van der Waals surface area contributed by atoms with E-state index in [-0.39, 0.29) is 16.7 Å². The van der Waals surface area contributed by atoms with Crippen LogP contribution in [0.15, 0.2) is 30.3 Å². The number of pyridine rings is 1. The summed E-state index contributed by atoms with van der Waals surface area (Å²) in [5.74, 6) is 0. The Morgan fingerprint density at radius 2 is 2.16 bits per heavy atom. The Balaban J connectivity index is 1.97. The van der Waals surface area contributed by atoms with Gasteiger partial charge in [-0.25, -0.2) is 0 Å². The molecular weight excluding hydrogens is 244 g/mol. The molecule has 0 aliphatic carbocycles. The number of non-ortho nitro benzene ring substituents is 1. The smallest absolute Gasteiger partial charge is 0.270 e. The highest BCUT2D eigenvalue weighted by Gasteiger charge is 2.16. The van der Waals surface area contributed by atoms with Gasteiger partial charge < -0.3 is 10.6 Å². The van der Waals surface area contributed by atoms with Crippen LogP contribution in [0.4, 0.5) is 5.69 Å². The molecule has 98 valence electrons. The Bertz CT molecular complexity index is 623. The highest BCUT2D eigenvalue weighted by molar-refractivity contribution is 5.81. The number of benzene rings is 1. The monoisotopic (exact) mass is 258 g/mol. The SMILES string of the molecule is O=[N+]([O-])c1ccc2nc(C3CNCCN3)ccc2c1. The van der Waals surface area contributed by atoms with E-state index in [0.29, 0.717) is 0 Å². The maximum atomic E-state index is 10.7. The van der Waals surface area contributed by atoms with Crippen molar-refractivity contribution >= 4 is 16.6 Å². The predicted octanol–water partition coefficient (Wildman–Crippen LogP) is 1.38. The Morgan fingerprint density at radius 3 is 2.89 bits per heavy atom. The molecule has 1 aromatic heterocycles. The van der Waals surface area contributed by atoms with Crippen molar-refractivity contribution < 1.29 is 4.92 Å². The molecule has 1 fully saturated rings. The van der Waals surface area contributed by atoms with Crippen molar-refractivity contribution in [3.63, 3.8) is 0 Å². The highest BCUT2D eigenvalue weighted by Crippen LogP contribution is 2.21. The molecule has 1 aliphatic heterocycles. The van der Waals surface area contributed by atoms with E-state index in [1.54, 1.807) is 12.1 Å². The number of nitrogens with one attached hydrogen (secondary N) is 2. The molecule has 2 N–H and O–H groups in total. The third-order valence-corrected chi connectivity index (χ3v) is 3.30. The summed E-state index contributed by atoms with van der Waals surface area (Å²) in [6, 6.07) is 8.77. The molecule has 6 heteroatoms. The first kappa shape index (κ1) is 12.0. The van der Waals surface area contributed by atoms with Gasteiger partial charge in [0.2, 0.25) is 0 Å². The quantitative estimate of drug-likeness (QED) is 0.628. The number of piperazine rings is 1. The molecule has 0 bridgehead atoms. The van der Waals surface area contributed by atoms with Crippen LogP contribution in [0, 0.1) is 10.1 Å². The largest absolute Gasteiger partial charge is 0.314 e. The van der Waals surface area contributed by atoms with E-state index >= 15 is 0 Å². The number of hydrogen-bond donors (Lipinski definition) is 2. The van der Waals surface area contributed by atoms with E-state index in [9.17, 15) is 10.1 Å². The van der Waals surface area contributed by atoms with Gasteiger partial charge in [0.25, 0.3) is 5.69 Å². The maximum absolute atomic E-state index is 10.7. The van der Waals surface area contributed by atoms with Crippen LogP contribution >= 0.6 is 0 Å². The van der Waals surface area contributed by atoms with Crippen LogP contribution in [-0.4, -0.2) is 29.5 Å². The molecule has 1 aliphatic rings. The van der Waals surface area contributed by atoms with Gasteiger partial charge >= 0.3 is 0 Å². The van der Waals surface area contributed by atoms with Crippen LogP contribution < -0.4 is 10.6 Å². The number of fused-ring (bicyclic) bond motifs is 1. The minimum absolute atomic E-state index is 0.0968. The van der Waals surface area contributed by atoms with E-state index in [1.807, 2.05) is 12.1 Å². The molecule has 19 heavy (non-hydrogen) atoms. The summed E-state index contributed by atoms with van der Waals surface area (Å²) in [7, 11) is 0. The van der Waals surface area contributed by atoms with Crippen molar-refractivity contribution in [2.75, 3.05) is 19.6 Å². The number of rotatable bonds is 2. The molecule has 2 aromatic rings. The van der Waals surface area contributed by atoms with Crippen LogP contribution in [0.2, 0.25) is 0 Å². The molecule has 1 saturated heterocycles. The molecule has 1 atom stereocenters. The topological polar surface area (TPSA) is 80.1 Å². The van der Waals surface area contributed by atoms with Crippen molar-refractivity contribution in [1.29, 1.82) is 0 Å². The number of nitrogens with zero attached hydrogens (tertiary/aromatic N) is 2. The summed E-state index contributed by atoms with van der Waals surface area (Å²) in [5, 5.41) is 18.2. The lowest BCUT2D eigenvalue weighted by molar-refractivity contribution is -0.384. The minimum Gasteiger partial charge on any atom is -0.314 e. The predicted molar refractivity (Wildman–Crippen MR) is 72.0 cm³/mol. The zero-order valence-corrected chi connectivity index (χ0v) is 10.3. The lowest BCUT2D eigenvalue weighted by Gasteiger charge is -2.24.